The van der Waals surface area contributed by atoms with Gasteiger partial charge >= 0.3 is 5.63 Å². The van der Waals surface area contributed by atoms with Gasteiger partial charge in [-0.25, -0.2) is 4.79 Å². The maximum atomic E-state index is 12.4. The molecule has 1 heterocycles. The van der Waals surface area contributed by atoms with E-state index < -0.39 is 5.63 Å². The second-order valence-electron chi connectivity index (χ2n) is 6.63. The number of benzene rings is 3. The van der Waals surface area contributed by atoms with Crippen molar-refractivity contribution in [2.45, 2.75) is 6.92 Å². The SMILES string of the molecule is Cc1c(OCC(=O)c2ccc(Br)cc2)ccc2c(-c3ccccc3)cc(=O)oc12. The minimum absolute atomic E-state index is 0.101. The van der Waals surface area contributed by atoms with Crippen LogP contribution in [0.5, 0.6) is 5.75 Å². The smallest absolute Gasteiger partial charge is 0.336 e. The first kappa shape index (κ1) is 19.2. The van der Waals surface area contributed by atoms with Crippen LogP contribution in [0.3, 0.4) is 0 Å². The Morgan fingerprint density at radius 3 is 2.45 bits per heavy atom. The standard InChI is InChI=1S/C24H17BrO4/c1-15-22(28-14-21(26)17-7-9-18(25)10-8-17)12-11-19-20(13-23(27)29-24(15)19)16-5-3-2-4-6-16/h2-13H,14H2,1H3. The molecule has 0 atom stereocenters. The zero-order valence-electron chi connectivity index (χ0n) is 15.6. The van der Waals surface area contributed by atoms with Gasteiger partial charge in [0.05, 0.1) is 0 Å². The van der Waals surface area contributed by atoms with Crippen LogP contribution in [-0.2, 0) is 0 Å². The van der Waals surface area contributed by atoms with Gasteiger partial charge < -0.3 is 9.15 Å². The van der Waals surface area contributed by atoms with E-state index in [0.29, 0.717) is 22.5 Å². The summed E-state index contributed by atoms with van der Waals surface area (Å²) in [4.78, 5) is 24.5. The topological polar surface area (TPSA) is 56.5 Å². The van der Waals surface area contributed by atoms with Crippen LogP contribution in [0.25, 0.3) is 22.1 Å². The number of carbonyl (C=O) groups excluding carboxylic acids is 1. The monoisotopic (exact) mass is 448 g/mol. The zero-order chi connectivity index (χ0) is 20.4. The summed E-state index contributed by atoms with van der Waals surface area (Å²) < 4.78 is 12.1. The summed E-state index contributed by atoms with van der Waals surface area (Å²) in [7, 11) is 0. The first-order chi connectivity index (χ1) is 14.0. The summed E-state index contributed by atoms with van der Waals surface area (Å²) in [5.74, 6) is 0.382. The molecule has 0 aliphatic rings. The van der Waals surface area contributed by atoms with Crippen LogP contribution >= 0.6 is 15.9 Å². The highest BCUT2D eigenvalue weighted by molar-refractivity contribution is 9.10. The van der Waals surface area contributed by atoms with Gasteiger partial charge in [-0.1, -0.05) is 58.4 Å². The van der Waals surface area contributed by atoms with Gasteiger partial charge in [0, 0.05) is 27.1 Å². The lowest BCUT2D eigenvalue weighted by atomic mass is 10.0. The van der Waals surface area contributed by atoms with Crippen molar-refractivity contribution in [3.63, 3.8) is 0 Å². The number of aryl methyl sites for hydroxylation is 1. The summed E-state index contributed by atoms with van der Waals surface area (Å²) in [6.07, 6.45) is 0. The Bertz CT molecular complexity index is 1240. The predicted molar refractivity (Wildman–Crippen MR) is 117 cm³/mol. The second-order valence-corrected chi connectivity index (χ2v) is 7.54. The summed E-state index contributed by atoms with van der Waals surface area (Å²) in [5, 5.41) is 0.819. The molecule has 4 aromatic rings. The van der Waals surface area contributed by atoms with E-state index in [1.165, 1.54) is 6.07 Å². The van der Waals surface area contributed by atoms with E-state index in [1.54, 1.807) is 18.2 Å². The highest BCUT2D eigenvalue weighted by Crippen LogP contribution is 2.33. The lowest BCUT2D eigenvalue weighted by molar-refractivity contribution is 0.0921. The number of rotatable bonds is 5. The van der Waals surface area contributed by atoms with Crippen molar-refractivity contribution < 1.29 is 13.9 Å². The Morgan fingerprint density at radius 2 is 1.72 bits per heavy atom. The van der Waals surface area contributed by atoms with E-state index in [4.69, 9.17) is 9.15 Å². The van der Waals surface area contributed by atoms with Crippen molar-refractivity contribution in [2.24, 2.45) is 0 Å². The molecule has 0 radical (unpaired) electrons. The molecule has 29 heavy (non-hydrogen) atoms. The fraction of sp³-hybridized carbons (Fsp3) is 0.0833. The Kier molecular flexibility index (Phi) is 5.32. The molecule has 0 amide bonds. The summed E-state index contributed by atoms with van der Waals surface area (Å²) in [6, 6.07) is 21.9. The van der Waals surface area contributed by atoms with Crippen LogP contribution < -0.4 is 10.4 Å². The van der Waals surface area contributed by atoms with E-state index in [0.717, 1.165) is 21.0 Å². The van der Waals surface area contributed by atoms with Crippen LogP contribution in [0, 0.1) is 6.92 Å². The normalized spacial score (nSPS) is 10.8. The third-order valence-corrected chi connectivity index (χ3v) is 5.25. The van der Waals surface area contributed by atoms with Crippen LogP contribution in [0.4, 0.5) is 0 Å². The molecule has 4 nitrogen and oxygen atoms in total. The third kappa shape index (κ3) is 4.00. The molecule has 0 unspecified atom stereocenters. The average molecular weight is 449 g/mol. The molecule has 0 fully saturated rings. The summed E-state index contributed by atoms with van der Waals surface area (Å²) in [5.41, 5.74) is 3.03. The van der Waals surface area contributed by atoms with E-state index >= 15 is 0 Å². The van der Waals surface area contributed by atoms with Gasteiger partial charge in [0.15, 0.2) is 12.4 Å². The number of halogens is 1. The number of carbonyl (C=O) groups is 1. The average Bonchev–Trinajstić information content (AvgIpc) is 2.74. The quantitative estimate of drug-likeness (QED) is 0.286. The van der Waals surface area contributed by atoms with Crippen molar-refractivity contribution in [3.8, 4) is 16.9 Å². The van der Waals surface area contributed by atoms with Crippen LogP contribution in [-0.4, -0.2) is 12.4 Å². The van der Waals surface area contributed by atoms with Gasteiger partial charge in [-0.15, -0.1) is 0 Å². The second kappa shape index (κ2) is 8.05. The minimum atomic E-state index is -0.428. The van der Waals surface area contributed by atoms with Gasteiger partial charge in [-0.2, -0.15) is 0 Å². The molecule has 1 aromatic heterocycles. The molecule has 4 rings (SSSR count). The Hall–Kier alpha value is -3.18. The Labute approximate surface area is 175 Å². The lowest BCUT2D eigenvalue weighted by Gasteiger charge is -2.12. The molecule has 0 saturated heterocycles. The summed E-state index contributed by atoms with van der Waals surface area (Å²) >= 11 is 3.35. The maximum absolute atomic E-state index is 12.4. The molecule has 0 bridgehead atoms. The van der Waals surface area contributed by atoms with Gasteiger partial charge in [0.2, 0.25) is 0 Å². The molecule has 0 saturated carbocycles. The number of Topliss-reactive ketones (excluding diaryl/α,β-unsaturated/α-hetero) is 1. The number of fused-ring (bicyclic) bond motifs is 1. The molecule has 0 N–H and O–H groups in total. The Morgan fingerprint density at radius 1 is 1.00 bits per heavy atom. The largest absolute Gasteiger partial charge is 0.485 e. The van der Waals surface area contributed by atoms with Gasteiger partial charge in [-0.05, 0) is 42.3 Å². The van der Waals surface area contributed by atoms with Crippen molar-refractivity contribution in [2.75, 3.05) is 6.61 Å². The van der Waals surface area contributed by atoms with Crippen molar-refractivity contribution in [3.05, 3.63) is 98.8 Å². The first-order valence-electron chi connectivity index (χ1n) is 9.07. The van der Waals surface area contributed by atoms with E-state index in [2.05, 4.69) is 15.9 Å². The highest BCUT2D eigenvalue weighted by Gasteiger charge is 2.14. The van der Waals surface area contributed by atoms with Crippen molar-refractivity contribution >= 4 is 32.7 Å². The fourth-order valence-corrected chi connectivity index (χ4v) is 3.48. The molecule has 0 aliphatic carbocycles. The summed E-state index contributed by atoms with van der Waals surface area (Å²) in [6.45, 7) is 1.72. The maximum Gasteiger partial charge on any atom is 0.336 e. The number of hydrogen-bond donors (Lipinski definition) is 0. The van der Waals surface area contributed by atoms with E-state index in [-0.39, 0.29) is 12.4 Å². The molecule has 144 valence electrons. The van der Waals surface area contributed by atoms with Crippen LogP contribution in [0.2, 0.25) is 0 Å². The van der Waals surface area contributed by atoms with Crippen LogP contribution in [0.1, 0.15) is 15.9 Å². The molecule has 3 aromatic carbocycles. The van der Waals surface area contributed by atoms with E-state index in [9.17, 15) is 9.59 Å². The van der Waals surface area contributed by atoms with Gasteiger partial charge in [-0.3, -0.25) is 4.79 Å². The molecule has 0 aliphatic heterocycles. The zero-order valence-corrected chi connectivity index (χ0v) is 17.2. The third-order valence-electron chi connectivity index (χ3n) is 4.72. The van der Waals surface area contributed by atoms with Crippen LogP contribution in [0.15, 0.2) is 86.5 Å². The number of ether oxygens (including phenoxy) is 1. The Balaban J connectivity index is 1.67. The molecule has 5 heteroatoms. The minimum Gasteiger partial charge on any atom is -0.485 e. The first-order valence-corrected chi connectivity index (χ1v) is 9.86. The number of ketones is 1. The molecular formula is C24H17BrO4. The molecular weight excluding hydrogens is 432 g/mol. The lowest BCUT2D eigenvalue weighted by Crippen LogP contribution is -2.12. The van der Waals surface area contributed by atoms with Gasteiger partial charge in [0.25, 0.3) is 0 Å². The molecule has 0 spiro atoms. The fourth-order valence-electron chi connectivity index (χ4n) is 3.22. The number of hydrogen-bond acceptors (Lipinski definition) is 4. The van der Waals surface area contributed by atoms with E-state index in [1.807, 2.05) is 55.5 Å². The highest BCUT2D eigenvalue weighted by atomic mass is 79.9. The van der Waals surface area contributed by atoms with Gasteiger partial charge in [0.1, 0.15) is 11.3 Å². The van der Waals surface area contributed by atoms with Crippen molar-refractivity contribution in [1.29, 1.82) is 0 Å². The predicted octanol–water partition coefficient (Wildman–Crippen LogP) is 5.79. The van der Waals surface area contributed by atoms with Crippen molar-refractivity contribution in [1.82, 2.24) is 0 Å².